The first-order chi connectivity index (χ1) is 20.2. The molecular formula is C30H36FN3O7S2. The molecule has 0 aromatic heterocycles. The number of likely N-dealkylation sites (N-methyl/N-ethyl adjacent to an activating group) is 1. The summed E-state index contributed by atoms with van der Waals surface area (Å²) in [5.74, 6) is -0.941. The van der Waals surface area contributed by atoms with Gasteiger partial charge in [0.1, 0.15) is 17.7 Å². The summed E-state index contributed by atoms with van der Waals surface area (Å²) in [6.07, 6.45) is -0.878. The van der Waals surface area contributed by atoms with Crippen molar-refractivity contribution in [3.05, 3.63) is 83.7 Å². The highest BCUT2D eigenvalue weighted by atomic mass is 32.2. The summed E-state index contributed by atoms with van der Waals surface area (Å²) in [6.45, 7) is 5.17. The van der Waals surface area contributed by atoms with Crippen LogP contribution in [0.25, 0.3) is 0 Å². The van der Waals surface area contributed by atoms with Crippen LogP contribution in [-0.2, 0) is 31.3 Å². The third-order valence-electron chi connectivity index (χ3n) is 7.46. The third kappa shape index (κ3) is 7.53. The first kappa shape index (κ1) is 32.4. The first-order valence-corrected chi connectivity index (χ1v) is 16.6. The van der Waals surface area contributed by atoms with Crippen molar-refractivity contribution in [3.8, 4) is 5.75 Å². The molecule has 3 atom stereocenters. The number of hydrogen-bond donors (Lipinski definition) is 2. The monoisotopic (exact) mass is 633 g/mol. The van der Waals surface area contributed by atoms with Crippen LogP contribution in [-0.4, -0.2) is 75.9 Å². The van der Waals surface area contributed by atoms with Gasteiger partial charge in [-0.3, -0.25) is 9.52 Å². The predicted octanol–water partition coefficient (Wildman–Crippen LogP) is 3.40. The zero-order valence-electron chi connectivity index (χ0n) is 24.4. The van der Waals surface area contributed by atoms with Crippen molar-refractivity contribution in [1.29, 1.82) is 0 Å². The van der Waals surface area contributed by atoms with E-state index in [4.69, 9.17) is 4.74 Å². The highest BCUT2D eigenvalue weighted by Crippen LogP contribution is 2.30. The summed E-state index contributed by atoms with van der Waals surface area (Å²) < 4.78 is 76.0. The van der Waals surface area contributed by atoms with Crippen LogP contribution in [0.1, 0.15) is 25.0 Å². The third-order valence-corrected chi connectivity index (χ3v) is 10.7. The van der Waals surface area contributed by atoms with Crippen LogP contribution >= 0.6 is 0 Å². The minimum Gasteiger partial charge on any atom is -0.488 e. The van der Waals surface area contributed by atoms with Crippen molar-refractivity contribution in [1.82, 2.24) is 9.21 Å². The maximum absolute atomic E-state index is 13.5. The smallest absolute Gasteiger partial charge is 0.261 e. The Morgan fingerprint density at radius 2 is 1.67 bits per heavy atom. The molecule has 1 aliphatic heterocycles. The number of aliphatic hydroxyl groups is 1. The lowest BCUT2D eigenvalue weighted by Gasteiger charge is -2.33. The summed E-state index contributed by atoms with van der Waals surface area (Å²) in [5.41, 5.74) is 1.53. The zero-order chi connectivity index (χ0) is 31.5. The van der Waals surface area contributed by atoms with Crippen LogP contribution < -0.4 is 9.46 Å². The Morgan fingerprint density at radius 1 is 1.05 bits per heavy atom. The van der Waals surface area contributed by atoms with Crippen LogP contribution in [0.3, 0.4) is 0 Å². The molecule has 1 amide bonds. The fourth-order valence-corrected chi connectivity index (χ4v) is 7.01. The zero-order valence-corrected chi connectivity index (χ0v) is 26.0. The van der Waals surface area contributed by atoms with Gasteiger partial charge in [-0.15, -0.1) is 0 Å². The number of benzene rings is 3. The normalized spacial score (nSPS) is 18.7. The van der Waals surface area contributed by atoms with Gasteiger partial charge in [0.15, 0.2) is 0 Å². The second-order valence-corrected chi connectivity index (χ2v) is 14.6. The molecule has 0 saturated heterocycles. The molecule has 0 bridgehead atoms. The number of carbonyl (C=O) groups excluding carboxylic acids is 1. The van der Waals surface area contributed by atoms with Gasteiger partial charge in [-0.1, -0.05) is 24.6 Å². The molecule has 43 heavy (non-hydrogen) atoms. The average molecular weight is 634 g/mol. The van der Waals surface area contributed by atoms with E-state index in [1.54, 1.807) is 25.1 Å². The molecule has 3 aromatic rings. The molecule has 0 radical (unpaired) electrons. The van der Waals surface area contributed by atoms with Gasteiger partial charge in [-0.25, -0.2) is 21.2 Å². The van der Waals surface area contributed by atoms with Crippen LogP contribution in [0, 0.1) is 18.7 Å². The number of sulfonamides is 2. The number of hydrogen-bond acceptors (Lipinski definition) is 7. The van der Waals surface area contributed by atoms with Gasteiger partial charge >= 0.3 is 0 Å². The molecule has 3 aromatic carbocycles. The van der Waals surface area contributed by atoms with Crippen molar-refractivity contribution in [2.75, 3.05) is 31.5 Å². The molecule has 13 heteroatoms. The van der Waals surface area contributed by atoms with Crippen molar-refractivity contribution in [2.45, 2.75) is 49.1 Å². The minimum atomic E-state index is -4.00. The standard InChI is InChI=1S/C30H36FN3O7S2/c1-20-5-10-26(11-6-20)42(37,38)32-25-9-14-28-23(15-25)16-30(36)34(22(3)19-35)17-21(2)29(41-28)18-33(4)43(39,40)27-12-7-24(31)8-13-27/h5-15,21-22,29,32,35H,16-19H2,1-4H3/t21-,22+,29-/m1/s1. The second-order valence-electron chi connectivity index (χ2n) is 10.9. The van der Waals surface area contributed by atoms with Gasteiger partial charge in [-0.05, 0) is 68.4 Å². The van der Waals surface area contributed by atoms with E-state index in [9.17, 15) is 31.1 Å². The Morgan fingerprint density at radius 3 is 2.30 bits per heavy atom. The lowest BCUT2D eigenvalue weighted by Crippen LogP contribution is -2.48. The van der Waals surface area contributed by atoms with E-state index in [1.807, 2.05) is 13.8 Å². The number of carbonyl (C=O) groups is 1. The number of amides is 1. The molecule has 232 valence electrons. The van der Waals surface area contributed by atoms with Crippen LogP contribution in [0.4, 0.5) is 10.1 Å². The lowest BCUT2D eigenvalue weighted by molar-refractivity contribution is -0.134. The first-order valence-electron chi connectivity index (χ1n) is 13.7. The molecule has 2 N–H and O–H groups in total. The van der Waals surface area contributed by atoms with Crippen LogP contribution in [0.5, 0.6) is 5.75 Å². The molecular weight excluding hydrogens is 597 g/mol. The van der Waals surface area contributed by atoms with E-state index in [1.165, 1.54) is 48.3 Å². The largest absolute Gasteiger partial charge is 0.488 e. The number of rotatable bonds is 9. The van der Waals surface area contributed by atoms with Crippen molar-refractivity contribution >= 4 is 31.6 Å². The maximum atomic E-state index is 13.5. The van der Waals surface area contributed by atoms with E-state index >= 15 is 0 Å². The van der Waals surface area contributed by atoms with Gasteiger partial charge in [-0.2, -0.15) is 4.31 Å². The number of ether oxygens (including phenoxy) is 1. The highest BCUT2D eigenvalue weighted by molar-refractivity contribution is 7.92. The summed E-state index contributed by atoms with van der Waals surface area (Å²) in [5, 5.41) is 9.86. The minimum absolute atomic E-state index is 0.0798. The Balaban J connectivity index is 1.68. The quantitative estimate of drug-likeness (QED) is 0.369. The molecule has 0 saturated carbocycles. The van der Waals surface area contributed by atoms with E-state index in [2.05, 4.69) is 4.72 Å². The van der Waals surface area contributed by atoms with Gasteiger partial charge in [0, 0.05) is 30.8 Å². The number of aliphatic hydroxyl groups excluding tert-OH is 1. The van der Waals surface area contributed by atoms with E-state index in [0.29, 0.717) is 11.3 Å². The van der Waals surface area contributed by atoms with Crippen molar-refractivity contribution < 1.29 is 35.9 Å². The molecule has 4 rings (SSSR count). The summed E-state index contributed by atoms with van der Waals surface area (Å²) >= 11 is 0. The highest BCUT2D eigenvalue weighted by Gasteiger charge is 2.33. The lowest BCUT2D eigenvalue weighted by atomic mass is 10.0. The molecule has 0 fully saturated rings. The SMILES string of the molecule is Cc1ccc(S(=O)(=O)Nc2ccc3c(c2)CC(=O)N([C@@H](C)CO)C[C@@H](C)[C@@H](CN(C)S(=O)(=O)c2ccc(F)cc2)O3)cc1. The summed E-state index contributed by atoms with van der Waals surface area (Å²) in [6, 6.07) is 15.0. The molecule has 0 aliphatic carbocycles. The van der Waals surface area contributed by atoms with Crippen LogP contribution in [0.15, 0.2) is 76.5 Å². The number of halogens is 1. The number of aryl methyl sites for hydroxylation is 1. The molecule has 10 nitrogen and oxygen atoms in total. The van der Waals surface area contributed by atoms with Crippen LogP contribution in [0.2, 0.25) is 0 Å². The maximum Gasteiger partial charge on any atom is 0.261 e. The predicted molar refractivity (Wildman–Crippen MR) is 160 cm³/mol. The number of nitrogens with zero attached hydrogens (tertiary/aromatic N) is 2. The van der Waals surface area contributed by atoms with Gasteiger partial charge in [0.2, 0.25) is 15.9 Å². The average Bonchev–Trinajstić information content (AvgIpc) is 3.00. The Labute approximate surface area is 252 Å². The Bertz CT molecular complexity index is 1660. The number of nitrogens with one attached hydrogen (secondary N) is 1. The number of fused-ring (bicyclic) bond motifs is 1. The molecule has 0 spiro atoms. The Kier molecular flexibility index (Phi) is 9.79. The number of anilines is 1. The van der Waals surface area contributed by atoms with Gasteiger partial charge < -0.3 is 14.7 Å². The van der Waals surface area contributed by atoms with E-state index in [0.717, 1.165) is 22.0 Å². The van der Waals surface area contributed by atoms with Gasteiger partial charge in [0.25, 0.3) is 10.0 Å². The van der Waals surface area contributed by atoms with E-state index < -0.39 is 38.0 Å². The summed E-state index contributed by atoms with van der Waals surface area (Å²) in [4.78, 5) is 15.0. The molecule has 1 heterocycles. The topological polar surface area (TPSA) is 133 Å². The van der Waals surface area contributed by atoms with Crippen molar-refractivity contribution in [3.63, 3.8) is 0 Å². The molecule has 0 unspecified atom stereocenters. The summed E-state index contributed by atoms with van der Waals surface area (Å²) in [7, 11) is -6.52. The molecule has 1 aliphatic rings. The van der Waals surface area contributed by atoms with Crippen molar-refractivity contribution in [2.24, 2.45) is 5.92 Å². The fourth-order valence-electron chi connectivity index (χ4n) is 4.78. The van der Waals surface area contributed by atoms with Gasteiger partial charge in [0.05, 0.1) is 35.4 Å². The Hall–Kier alpha value is -3.52. The fraction of sp³-hybridized carbons (Fsp3) is 0.367. The van der Waals surface area contributed by atoms with E-state index in [-0.39, 0.29) is 53.4 Å². The second kappa shape index (κ2) is 13.0.